The monoisotopic (exact) mass is 1010 g/mol. The lowest BCUT2D eigenvalue weighted by molar-refractivity contribution is -0.138. The van der Waals surface area contributed by atoms with E-state index < -0.39 is 17.8 Å². The summed E-state index contributed by atoms with van der Waals surface area (Å²) in [6.07, 6.45) is 15.5. The van der Waals surface area contributed by atoms with Gasteiger partial charge in [-0.3, -0.25) is 39.3 Å². The van der Waals surface area contributed by atoms with Crippen LogP contribution in [0.5, 0.6) is 6.01 Å². The molecule has 5 aromatic rings. The number of carbonyl (C=O) groups excluding carboxylic acids is 4. The highest BCUT2D eigenvalue weighted by molar-refractivity contribution is 6.06. The highest BCUT2D eigenvalue weighted by Crippen LogP contribution is 2.45. The number of piperazine rings is 2. The van der Waals surface area contributed by atoms with Crippen LogP contribution >= 0.6 is 0 Å². The maximum absolute atomic E-state index is 17.3. The predicted molar refractivity (Wildman–Crippen MR) is 282 cm³/mol. The topological polar surface area (TPSA) is 160 Å². The highest BCUT2D eigenvalue weighted by atomic mass is 19.1. The number of anilines is 2. The summed E-state index contributed by atoms with van der Waals surface area (Å²) in [5.74, 6) is 3.77. The number of hydrogen-bond donors (Lipinski definition) is 2. The van der Waals surface area contributed by atoms with Crippen molar-refractivity contribution in [3.8, 4) is 29.6 Å². The number of nitrogens with zero attached hydrogens (tertiary/aromatic N) is 9. The summed E-state index contributed by atoms with van der Waals surface area (Å²) in [5.41, 5.74) is 4.17. The minimum Gasteiger partial charge on any atom is -0.462 e. The van der Waals surface area contributed by atoms with Crippen LogP contribution in [0.1, 0.15) is 79.3 Å². The van der Waals surface area contributed by atoms with Crippen molar-refractivity contribution in [2.75, 3.05) is 82.4 Å². The van der Waals surface area contributed by atoms with Crippen LogP contribution < -0.4 is 25.2 Å². The highest BCUT2D eigenvalue weighted by Gasteiger charge is 2.43. The smallest absolute Gasteiger partial charge is 0.319 e. The van der Waals surface area contributed by atoms with E-state index in [9.17, 15) is 19.2 Å². The number of imide groups is 1. The van der Waals surface area contributed by atoms with E-state index in [1.807, 2.05) is 54.6 Å². The molecule has 4 amide bonds. The molecular weight excluding hydrogens is 950 g/mol. The van der Waals surface area contributed by atoms with Crippen molar-refractivity contribution in [2.45, 2.75) is 94.5 Å². The summed E-state index contributed by atoms with van der Waals surface area (Å²) in [5, 5.41) is 8.55. The van der Waals surface area contributed by atoms with Gasteiger partial charge in [0.25, 0.3) is 5.91 Å². The number of amides is 4. The third-order valence-corrected chi connectivity index (χ3v) is 18.3. The fourth-order valence-electron chi connectivity index (χ4n) is 14.1. The molecular formula is C58H64FN11O5. The number of likely N-dealkylation sites (N-methyl/N-ethyl adjacent to an activating group) is 1. The normalized spacial score (nSPS) is 27.5. The summed E-state index contributed by atoms with van der Waals surface area (Å²) in [6.45, 7) is 7.58. The van der Waals surface area contributed by atoms with Crippen LogP contribution in [-0.4, -0.2) is 161 Å². The van der Waals surface area contributed by atoms with Gasteiger partial charge < -0.3 is 29.7 Å². The van der Waals surface area contributed by atoms with Gasteiger partial charge in [0, 0.05) is 136 Å². The summed E-state index contributed by atoms with van der Waals surface area (Å²) >= 11 is 0. The van der Waals surface area contributed by atoms with Crippen LogP contribution in [0.4, 0.5) is 15.9 Å². The Morgan fingerprint density at radius 1 is 0.853 bits per heavy atom. The van der Waals surface area contributed by atoms with Gasteiger partial charge in [0.1, 0.15) is 29.7 Å². The van der Waals surface area contributed by atoms with Gasteiger partial charge in [-0.1, -0.05) is 36.3 Å². The molecule has 75 heavy (non-hydrogen) atoms. The molecule has 3 aromatic carbocycles. The minimum atomic E-state index is -0.643. The summed E-state index contributed by atoms with van der Waals surface area (Å²) in [6, 6.07) is 17.9. The Morgan fingerprint density at radius 3 is 2.35 bits per heavy atom. The lowest BCUT2D eigenvalue weighted by Gasteiger charge is -2.40. The predicted octanol–water partition coefficient (Wildman–Crippen LogP) is 5.21. The Balaban J connectivity index is 0.653. The van der Waals surface area contributed by atoms with Crippen LogP contribution in [0, 0.1) is 35.9 Å². The van der Waals surface area contributed by atoms with Crippen molar-refractivity contribution in [1.82, 2.24) is 45.2 Å². The van der Waals surface area contributed by atoms with Crippen molar-refractivity contribution in [3.05, 3.63) is 83.3 Å². The molecule has 2 bridgehead atoms. The van der Waals surface area contributed by atoms with Crippen molar-refractivity contribution in [1.29, 1.82) is 0 Å². The zero-order chi connectivity index (χ0) is 51.1. The number of likely N-dealkylation sites (tertiary alicyclic amines) is 1. The summed E-state index contributed by atoms with van der Waals surface area (Å²) in [4.78, 5) is 79.4. The number of terminal acetylenes is 1. The molecule has 0 spiro atoms. The minimum absolute atomic E-state index is 0.0366. The number of benzene rings is 3. The van der Waals surface area contributed by atoms with Crippen molar-refractivity contribution < 1.29 is 28.3 Å². The van der Waals surface area contributed by atoms with Crippen LogP contribution in [0.25, 0.3) is 32.9 Å². The van der Waals surface area contributed by atoms with E-state index in [1.165, 1.54) is 12.8 Å². The molecule has 16 nitrogen and oxygen atoms in total. The van der Waals surface area contributed by atoms with Crippen molar-refractivity contribution in [3.63, 3.8) is 0 Å². The van der Waals surface area contributed by atoms with Crippen LogP contribution in [0.3, 0.4) is 0 Å². The fraction of sp³-hybridized carbons (Fsp3) is 0.500. The van der Waals surface area contributed by atoms with Gasteiger partial charge in [-0.15, -0.1) is 6.42 Å². The number of fused-ring (bicyclic) bond motifs is 6. The number of ether oxygens (including phenoxy) is 1. The number of nitrogens with one attached hydrogen (secondary N) is 2. The first-order chi connectivity index (χ1) is 36.5. The van der Waals surface area contributed by atoms with Gasteiger partial charge in [0.15, 0.2) is 5.82 Å². The standard InChI is InChI=1S/C58H64FN11O5/c1-3-34-6-4-7-35-8-5-9-46(50(34)35)52-51(59)53-47(28-60-52)54(69-30-40-24-37-10-11-38(37)25-41(31-69)61-40)64-58(63-53)75-33-44-27-43(32-65(44)2)67-20-22-68(23-21-67)56(73)36-16-18-66(19-17-36)42-12-13-45-39(26-42)29-70(57(45)74)48-14-15-49(71)62-55(48)72/h1,4-9,12-13,26,28,36-38,40-41,43-44,48,61H,10-11,14-25,27,29-33H2,2H3,(H,62,71,72)/t37?,38?,40?,41?,43-,44-,48?/m0/s1. The van der Waals surface area contributed by atoms with Gasteiger partial charge in [0.05, 0.1) is 5.39 Å². The average Bonchev–Trinajstić information content (AvgIpc) is 3.95. The van der Waals surface area contributed by atoms with Crippen LogP contribution in [-0.2, 0) is 20.9 Å². The van der Waals surface area contributed by atoms with Gasteiger partial charge in [-0.2, -0.15) is 9.97 Å². The van der Waals surface area contributed by atoms with E-state index in [-0.39, 0.29) is 53.3 Å². The molecule has 9 heterocycles. The SMILES string of the molecule is C#Cc1cccc2cccc(-c3ncc4c(N5CC6CC7CCC7CC(C5)N6)nc(OC[C@@H]5C[C@H](N6CCN(C(=O)C7CCN(c8ccc9c(c8)CN(C8CCC(=O)NC8=O)C9=O)CC7)CC6)CN5C)nc4c3F)c12. The molecule has 7 fully saturated rings. The van der Waals surface area contributed by atoms with E-state index in [2.05, 4.69) is 48.1 Å². The number of pyridine rings is 1. The third-order valence-electron chi connectivity index (χ3n) is 18.3. The lowest BCUT2D eigenvalue weighted by atomic mass is 9.69. The fourth-order valence-corrected chi connectivity index (χ4v) is 14.1. The van der Waals surface area contributed by atoms with Gasteiger partial charge in [0.2, 0.25) is 17.7 Å². The molecule has 17 heteroatoms. The number of aromatic nitrogens is 3. The zero-order valence-electron chi connectivity index (χ0n) is 42.6. The van der Waals surface area contributed by atoms with E-state index in [4.69, 9.17) is 26.1 Å². The van der Waals surface area contributed by atoms with E-state index in [0.717, 1.165) is 112 Å². The Bertz CT molecular complexity index is 3140. The van der Waals surface area contributed by atoms with E-state index >= 15 is 4.39 Å². The molecule has 13 rings (SSSR count). The van der Waals surface area contributed by atoms with Gasteiger partial charge in [-0.05, 0) is 105 Å². The van der Waals surface area contributed by atoms with Crippen molar-refractivity contribution >= 4 is 56.8 Å². The van der Waals surface area contributed by atoms with Crippen LogP contribution in [0.2, 0.25) is 0 Å². The number of hydrogen-bond acceptors (Lipinski definition) is 13. The first-order valence-corrected chi connectivity index (χ1v) is 27.3. The first-order valence-electron chi connectivity index (χ1n) is 27.3. The molecule has 7 atom stereocenters. The maximum atomic E-state index is 17.3. The molecule has 6 saturated heterocycles. The van der Waals surface area contributed by atoms with E-state index in [0.29, 0.717) is 78.7 Å². The van der Waals surface area contributed by atoms with Gasteiger partial charge >= 0.3 is 6.01 Å². The maximum Gasteiger partial charge on any atom is 0.319 e. The molecule has 1 saturated carbocycles. The number of piperidine rings is 2. The summed E-state index contributed by atoms with van der Waals surface area (Å²) < 4.78 is 23.9. The van der Waals surface area contributed by atoms with Crippen LogP contribution in [0.15, 0.2) is 60.8 Å². The Hall–Kier alpha value is -6.74. The number of rotatable bonds is 9. The molecule has 5 unspecified atom stereocenters. The average molecular weight is 1010 g/mol. The number of carbonyl (C=O) groups is 4. The zero-order valence-corrected chi connectivity index (χ0v) is 42.6. The number of halogens is 1. The molecule has 388 valence electrons. The quantitative estimate of drug-likeness (QED) is 0.147. The summed E-state index contributed by atoms with van der Waals surface area (Å²) in [7, 11) is 2.13. The molecule has 1 aliphatic carbocycles. The Kier molecular flexibility index (Phi) is 12.4. The molecule has 7 aliphatic heterocycles. The molecule has 2 N–H and O–H groups in total. The van der Waals surface area contributed by atoms with E-state index in [1.54, 1.807) is 11.1 Å². The second-order valence-corrected chi connectivity index (χ2v) is 22.6. The molecule has 2 aromatic heterocycles. The Morgan fingerprint density at radius 2 is 1.61 bits per heavy atom. The second-order valence-electron chi connectivity index (χ2n) is 22.6. The van der Waals surface area contributed by atoms with Crippen molar-refractivity contribution in [2.24, 2.45) is 17.8 Å². The van der Waals surface area contributed by atoms with Gasteiger partial charge in [-0.25, -0.2) is 4.39 Å². The molecule has 0 radical (unpaired) electrons. The second kappa shape index (κ2) is 19.4. The Labute approximate surface area is 436 Å². The largest absolute Gasteiger partial charge is 0.462 e. The third kappa shape index (κ3) is 8.82. The first kappa shape index (κ1) is 47.9. The lowest BCUT2D eigenvalue weighted by Crippen LogP contribution is -2.56. The molecule has 8 aliphatic rings.